The average Bonchev–Trinajstić information content (AvgIpc) is 2.71. The van der Waals surface area contributed by atoms with Gasteiger partial charge in [0.25, 0.3) is 0 Å². The fourth-order valence-corrected chi connectivity index (χ4v) is 3.38. The Morgan fingerprint density at radius 1 is 1.38 bits per heavy atom. The van der Waals surface area contributed by atoms with E-state index in [0.29, 0.717) is 6.04 Å². The number of para-hydroxylation sites is 1. The predicted molar refractivity (Wildman–Crippen MR) is 74.2 cm³/mol. The van der Waals surface area contributed by atoms with Gasteiger partial charge in [0.15, 0.2) is 0 Å². The van der Waals surface area contributed by atoms with Crippen molar-refractivity contribution in [3.05, 3.63) is 23.8 Å². The van der Waals surface area contributed by atoms with Crippen LogP contribution in [0.25, 0.3) is 0 Å². The van der Waals surface area contributed by atoms with E-state index >= 15 is 0 Å². The first kappa shape index (κ1) is 11.6. The predicted octanol–water partition coefficient (Wildman–Crippen LogP) is 3.27. The van der Waals surface area contributed by atoms with Gasteiger partial charge >= 0.3 is 0 Å². The lowest BCUT2D eigenvalue weighted by Crippen LogP contribution is -2.26. The zero-order valence-corrected chi connectivity index (χ0v) is 10.8. The Kier molecular flexibility index (Phi) is 3.64. The highest BCUT2D eigenvalue weighted by Gasteiger charge is 2.26. The molecule has 0 bridgehead atoms. The van der Waals surface area contributed by atoms with Gasteiger partial charge in [-0.05, 0) is 37.7 Å². The van der Waals surface area contributed by atoms with Gasteiger partial charge in [-0.1, -0.05) is 18.6 Å². The van der Waals surface area contributed by atoms with Crippen LogP contribution < -0.4 is 11.1 Å². The molecule has 0 aliphatic heterocycles. The van der Waals surface area contributed by atoms with E-state index in [-0.39, 0.29) is 0 Å². The van der Waals surface area contributed by atoms with Gasteiger partial charge in [-0.15, -0.1) is 0 Å². The second-order valence-electron chi connectivity index (χ2n) is 4.50. The Labute approximate surface area is 102 Å². The number of hydrogen-bond acceptors (Lipinski definition) is 3. The second-order valence-corrected chi connectivity index (χ2v) is 5.57. The van der Waals surface area contributed by atoms with E-state index in [9.17, 15) is 0 Å². The van der Waals surface area contributed by atoms with Crippen molar-refractivity contribution in [3.63, 3.8) is 0 Å². The van der Waals surface area contributed by atoms with E-state index in [0.717, 1.165) is 16.6 Å². The smallest absolute Gasteiger partial charge is 0.0606 e. The summed E-state index contributed by atoms with van der Waals surface area (Å²) in [6.45, 7) is 2.11. The van der Waals surface area contributed by atoms with Crippen LogP contribution in [0.3, 0.4) is 0 Å². The maximum Gasteiger partial charge on any atom is 0.0606 e. The number of nitrogens with one attached hydrogen (secondary N) is 1. The van der Waals surface area contributed by atoms with Crippen molar-refractivity contribution in [1.29, 1.82) is 0 Å². The van der Waals surface area contributed by atoms with Gasteiger partial charge in [0.05, 0.1) is 11.4 Å². The number of aryl methyl sites for hydroxylation is 1. The maximum atomic E-state index is 6.02. The molecule has 1 saturated carbocycles. The standard InChI is InChI=1S/C13H20N2S/c1-9-5-3-6-10(14)13(9)15-11-7-4-8-12(11)16-2/h3,5-6,11-12,15H,4,7-8,14H2,1-2H3. The van der Waals surface area contributed by atoms with Crippen molar-refractivity contribution in [1.82, 2.24) is 0 Å². The largest absolute Gasteiger partial charge is 0.397 e. The normalized spacial score (nSPS) is 24.6. The van der Waals surface area contributed by atoms with Gasteiger partial charge in [0.1, 0.15) is 0 Å². The zero-order valence-electron chi connectivity index (χ0n) is 9.99. The first-order valence-corrected chi connectivity index (χ1v) is 7.15. The first-order chi connectivity index (χ1) is 7.72. The lowest BCUT2D eigenvalue weighted by atomic mass is 10.1. The van der Waals surface area contributed by atoms with E-state index in [1.165, 1.54) is 24.8 Å². The minimum absolute atomic E-state index is 0.582. The lowest BCUT2D eigenvalue weighted by Gasteiger charge is -2.22. The van der Waals surface area contributed by atoms with Crippen LogP contribution in [-0.4, -0.2) is 17.5 Å². The third kappa shape index (κ3) is 2.29. The number of thioether (sulfide) groups is 1. The van der Waals surface area contributed by atoms with Gasteiger partial charge in [-0.3, -0.25) is 0 Å². The van der Waals surface area contributed by atoms with Gasteiger partial charge in [-0.25, -0.2) is 0 Å². The summed E-state index contributed by atoms with van der Waals surface area (Å²) in [7, 11) is 0. The summed E-state index contributed by atoms with van der Waals surface area (Å²) in [5.41, 5.74) is 9.26. The first-order valence-electron chi connectivity index (χ1n) is 5.87. The highest BCUT2D eigenvalue weighted by molar-refractivity contribution is 7.99. The fraction of sp³-hybridized carbons (Fsp3) is 0.538. The zero-order chi connectivity index (χ0) is 11.5. The Hall–Kier alpha value is -0.830. The fourth-order valence-electron chi connectivity index (χ4n) is 2.45. The summed E-state index contributed by atoms with van der Waals surface area (Å²) < 4.78 is 0. The number of anilines is 2. The molecular weight excluding hydrogens is 216 g/mol. The van der Waals surface area contributed by atoms with Crippen molar-refractivity contribution < 1.29 is 0 Å². The molecule has 1 aliphatic rings. The molecule has 0 radical (unpaired) electrons. The van der Waals surface area contributed by atoms with Gasteiger partial charge in [-0.2, -0.15) is 11.8 Å². The SMILES string of the molecule is CSC1CCCC1Nc1c(C)cccc1N. The van der Waals surface area contributed by atoms with Crippen molar-refractivity contribution in [2.24, 2.45) is 0 Å². The summed E-state index contributed by atoms with van der Waals surface area (Å²) in [5.74, 6) is 0. The van der Waals surface area contributed by atoms with Crippen molar-refractivity contribution in [2.75, 3.05) is 17.3 Å². The van der Waals surface area contributed by atoms with Crippen molar-refractivity contribution >= 4 is 23.1 Å². The molecule has 1 aromatic carbocycles. The van der Waals surface area contributed by atoms with Crippen LogP contribution >= 0.6 is 11.8 Å². The quantitative estimate of drug-likeness (QED) is 0.791. The molecule has 2 atom stereocenters. The van der Waals surface area contributed by atoms with E-state index in [1.54, 1.807) is 0 Å². The van der Waals surface area contributed by atoms with Crippen LogP contribution in [0, 0.1) is 6.92 Å². The van der Waals surface area contributed by atoms with Crippen LogP contribution in [-0.2, 0) is 0 Å². The summed E-state index contributed by atoms with van der Waals surface area (Å²) in [6, 6.07) is 6.68. The number of benzene rings is 1. The molecule has 0 heterocycles. The molecule has 1 aromatic rings. The summed E-state index contributed by atoms with van der Waals surface area (Å²) in [5, 5.41) is 4.37. The van der Waals surface area contributed by atoms with E-state index in [2.05, 4.69) is 24.6 Å². The van der Waals surface area contributed by atoms with E-state index < -0.39 is 0 Å². The molecule has 1 aliphatic carbocycles. The molecule has 2 nitrogen and oxygen atoms in total. The molecule has 0 spiro atoms. The third-order valence-electron chi connectivity index (χ3n) is 3.39. The lowest BCUT2D eigenvalue weighted by molar-refractivity contribution is 0.768. The molecule has 16 heavy (non-hydrogen) atoms. The monoisotopic (exact) mass is 236 g/mol. The van der Waals surface area contributed by atoms with Crippen LogP contribution in [0.1, 0.15) is 24.8 Å². The minimum atomic E-state index is 0.582. The third-order valence-corrected chi connectivity index (χ3v) is 4.56. The van der Waals surface area contributed by atoms with Crippen LogP contribution in [0.5, 0.6) is 0 Å². The molecule has 2 unspecified atom stereocenters. The molecule has 3 N–H and O–H groups in total. The Morgan fingerprint density at radius 2 is 2.19 bits per heavy atom. The summed E-state index contributed by atoms with van der Waals surface area (Å²) >= 11 is 1.97. The molecule has 88 valence electrons. The molecule has 1 fully saturated rings. The summed E-state index contributed by atoms with van der Waals surface area (Å²) in [4.78, 5) is 0. The molecular formula is C13H20N2S. The maximum absolute atomic E-state index is 6.02. The highest BCUT2D eigenvalue weighted by atomic mass is 32.2. The second kappa shape index (κ2) is 5.00. The van der Waals surface area contributed by atoms with Crippen LogP contribution in [0.4, 0.5) is 11.4 Å². The van der Waals surface area contributed by atoms with Crippen LogP contribution in [0.2, 0.25) is 0 Å². The number of nitrogens with two attached hydrogens (primary N) is 1. The molecule has 3 heteroatoms. The van der Waals surface area contributed by atoms with E-state index in [4.69, 9.17) is 5.73 Å². The van der Waals surface area contributed by atoms with Crippen LogP contribution in [0.15, 0.2) is 18.2 Å². The number of rotatable bonds is 3. The Morgan fingerprint density at radius 3 is 2.88 bits per heavy atom. The molecule has 0 amide bonds. The highest BCUT2D eigenvalue weighted by Crippen LogP contribution is 2.33. The Bertz CT molecular complexity index is 345. The van der Waals surface area contributed by atoms with Crippen molar-refractivity contribution in [2.45, 2.75) is 37.5 Å². The molecule has 0 aromatic heterocycles. The number of hydrogen-bond donors (Lipinski definition) is 2. The summed E-state index contributed by atoms with van der Waals surface area (Å²) in [6.07, 6.45) is 6.12. The minimum Gasteiger partial charge on any atom is -0.397 e. The van der Waals surface area contributed by atoms with Crippen molar-refractivity contribution in [3.8, 4) is 0 Å². The van der Waals surface area contributed by atoms with Gasteiger partial charge in [0.2, 0.25) is 0 Å². The average molecular weight is 236 g/mol. The Balaban J connectivity index is 2.14. The molecule has 0 saturated heterocycles. The molecule has 2 rings (SSSR count). The van der Waals surface area contributed by atoms with Gasteiger partial charge < -0.3 is 11.1 Å². The topological polar surface area (TPSA) is 38.0 Å². The van der Waals surface area contributed by atoms with Gasteiger partial charge in [0, 0.05) is 11.3 Å². The number of nitrogen functional groups attached to an aromatic ring is 1. The van der Waals surface area contributed by atoms with E-state index in [1.807, 2.05) is 23.9 Å².